The Labute approximate surface area is 166 Å². The smallest absolute Gasteiger partial charge is 0.251 e. The second-order valence-corrected chi connectivity index (χ2v) is 6.00. The molecule has 0 bridgehead atoms. The quantitative estimate of drug-likeness (QED) is 0.646. The van der Waals surface area contributed by atoms with Crippen LogP contribution in [0.4, 0.5) is 0 Å². The van der Waals surface area contributed by atoms with Crippen molar-refractivity contribution in [1.29, 1.82) is 0 Å². The normalized spacial score (nSPS) is 10.4. The lowest BCUT2D eigenvalue weighted by molar-refractivity contribution is 0.0945. The molecular weight excluding hydrogens is 386 g/mol. The molecule has 28 heavy (non-hydrogen) atoms. The SMILES string of the molecule is COc1cc(C(=O)NCc2nc(-c3ccccc3Cl)no2)cc(OC)c1OC. The van der Waals surface area contributed by atoms with Crippen LogP contribution in [0, 0.1) is 0 Å². The average Bonchev–Trinajstić information content (AvgIpc) is 3.19. The van der Waals surface area contributed by atoms with Gasteiger partial charge < -0.3 is 24.1 Å². The number of halogens is 1. The Kier molecular flexibility index (Phi) is 6.00. The summed E-state index contributed by atoms with van der Waals surface area (Å²) in [5, 5.41) is 7.12. The van der Waals surface area contributed by atoms with Crippen molar-refractivity contribution in [1.82, 2.24) is 15.5 Å². The first-order valence-corrected chi connectivity index (χ1v) is 8.60. The van der Waals surface area contributed by atoms with Gasteiger partial charge >= 0.3 is 0 Å². The van der Waals surface area contributed by atoms with Crippen molar-refractivity contribution >= 4 is 17.5 Å². The molecule has 1 amide bonds. The predicted molar refractivity (Wildman–Crippen MR) is 102 cm³/mol. The second kappa shape index (κ2) is 8.62. The van der Waals surface area contributed by atoms with Gasteiger partial charge in [-0.15, -0.1) is 0 Å². The number of aromatic nitrogens is 2. The Morgan fingerprint density at radius 1 is 1.11 bits per heavy atom. The summed E-state index contributed by atoms with van der Waals surface area (Å²) in [7, 11) is 4.45. The van der Waals surface area contributed by atoms with Gasteiger partial charge in [-0.2, -0.15) is 4.98 Å². The minimum atomic E-state index is -0.364. The van der Waals surface area contributed by atoms with Crippen LogP contribution in [0.15, 0.2) is 40.9 Å². The van der Waals surface area contributed by atoms with Crippen LogP contribution >= 0.6 is 11.6 Å². The molecule has 3 rings (SSSR count). The summed E-state index contributed by atoms with van der Waals surface area (Å²) < 4.78 is 20.9. The molecule has 9 heteroatoms. The molecule has 0 saturated heterocycles. The van der Waals surface area contributed by atoms with Crippen molar-refractivity contribution in [2.24, 2.45) is 0 Å². The number of amides is 1. The van der Waals surface area contributed by atoms with Crippen molar-refractivity contribution in [3.05, 3.63) is 52.9 Å². The van der Waals surface area contributed by atoms with Gasteiger partial charge in [-0.05, 0) is 24.3 Å². The van der Waals surface area contributed by atoms with Gasteiger partial charge in [-0.3, -0.25) is 4.79 Å². The summed E-state index contributed by atoms with van der Waals surface area (Å²) in [6.07, 6.45) is 0. The van der Waals surface area contributed by atoms with Crippen LogP contribution in [0.3, 0.4) is 0 Å². The van der Waals surface area contributed by atoms with Crippen LogP contribution in [0.2, 0.25) is 5.02 Å². The van der Waals surface area contributed by atoms with Crippen LogP contribution in [0.5, 0.6) is 17.2 Å². The number of benzene rings is 2. The summed E-state index contributed by atoms with van der Waals surface area (Å²) >= 11 is 6.13. The van der Waals surface area contributed by atoms with Crippen molar-refractivity contribution < 1.29 is 23.5 Å². The number of nitrogens with zero attached hydrogens (tertiary/aromatic N) is 2. The lowest BCUT2D eigenvalue weighted by Gasteiger charge is -2.13. The topological polar surface area (TPSA) is 95.7 Å². The molecule has 0 unspecified atom stereocenters. The van der Waals surface area contributed by atoms with Gasteiger partial charge in [-0.1, -0.05) is 28.9 Å². The van der Waals surface area contributed by atoms with Crippen molar-refractivity contribution in [2.75, 3.05) is 21.3 Å². The standard InChI is InChI=1S/C19H18ClN3O5/c1-25-14-8-11(9-15(26-2)17(14)27-3)19(24)21-10-16-22-18(23-28-16)12-6-4-5-7-13(12)20/h4-9H,10H2,1-3H3,(H,21,24). The van der Waals surface area contributed by atoms with Gasteiger partial charge in [0, 0.05) is 11.1 Å². The van der Waals surface area contributed by atoms with Gasteiger partial charge in [0.2, 0.25) is 17.5 Å². The van der Waals surface area contributed by atoms with Gasteiger partial charge in [0.1, 0.15) is 0 Å². The zero-order chi connectivity index (χ0) is 20.1. The molecule has 1 aromatic heterocycles. The number of ether oxygens (including phenoxy) is 3. The highest BCUT2D eigenvalue weighted by atomic mass is 35.5. The van der Waals surface area contributed by atoms with Gasteiger partial charge in [0.05, 0.1) is 32.9 Å². The number of hydrogen-bond acceptors (Lipinski definition) is 7. The maximum absolute atomic E-state index is 12.5. The summed E-state index contributed by atoms with van der Waals surface area (Å²) in [5.74, 6) is 1.40. The molecule has 3 aromatic rings. The molecule has 1 N–H and O–H groups in total. The molecule has 146 valence electrons. The van der Waals surface area contributed by atoms with E-state index in [4.69, 9.17) is 30.3 Å². The van der Waals surface area contributed by atoms with Crippen LogP contribution in [-0.2, 0) is 6.54 Å². The zero-order valence-electron chi connectivity index (χ0n) is 15.5. The third kappa shape index (κ3) is 4.01. The number of rotatable bonds is 7. The molecule has 0 saturated carbocycles. The summed E-state index contributed by atoms with van der Waals surface area (Å²) in [6, 6.07) is 10.3. The summed E-state index contributed by atoms with van der Waals surface area (Å²) in [4.78, 5) is 16.8. The Hall–Kier alpha value is -3.26. The molecule has 0 aliphatic carbocycles. The molecule has 8 nitrogen and oxygen atoms in total. The van der Waals surface area contributed by atoms with E-state index in [9.17, 15) is 4.79 Å². The Bertz CT molecular complexity index is 964. The molecule has 0 fully saturated rings. The molecule has 0 aliphatic heterocycles. The van der Waals surface area contributed by atoms with Gasteiger partial charge in [0.25, 0.3) is 5.91 Å². The fourth-order valence-electron chi connectivity index (χ4n) is 2.55. The maximum Gasteiger partial charge on any atom is 0.251 e. The van der Waals surface area contributed by atoms with Crippen LogP contribution in [-0.4, -0.2) is 37.4 Å². The molecule has 0 atom stereocenters. The van der Waals surface area contributed by atoms with Crippen LogP contribution in [0.25, 0.3) is 11.4 Å². The predicted octanol–water partition coefficient (Wildman–Crippen LogP) is 3.35. The van der Waals surface area contributed by atoms with Gasteiger partial charge in [-0.25, -0.2) is 0 Å². The Morgan fingerprint density at radius 3 is 2.39 bits per heavy atom. The number of nitrogens with one attached hydrogen (secondary N) is 1. The highest BCUT2D eigenvalue weighted by molar-refractivity contribution is 6.33. The maximum atomic E-state index is 12.5. The highest BCUT2D eigenvalue weighted by Crippen LogP contribution is 2.38. The molecule has 2 aromatic carbocycles. The largest absolute Gasteiger partial charge is 0.493 e. The minimum Gasteiger partial charge on any atom is -0.493 e. The van der Waals surface area contributed by atoms with Crippen LogP contribution in [0.1, 0.15) is 16.2 Å². The number of methoxy groups -OCH3 is 3. The summed E-state index contributed by atoms with van der Waals surface area (Å²) in [6.45, 7) is 0.0486. The molecule has 0 spiro atoms. The molecule has 0 radical (unpaired) electrons. The van der Waals surface area contributed by atoms with E-state index in [1.807, 2.05) is 12.1 Å². The molecule has 1 heterocycles. The molecular formula is C19H18ClN3O5. The lowest BCUT2D eigenvalue weighted by Crippen LogP contribution is -2.23. The van der Waals surface area contributed by atoms with E-state index in [2.05, 4.69) is 15.5 Å². The van der Waals surface area contributed by atoms with Crippen molar-refractivity contribution in [3.63, 3.8) is 0 Å². The molecule has 0 aliphatic rings. The monoisotopic (exact) mass is 403 g/mol. The van der Waals surface area contributed by atoms with E-state index in [0.717, 1.165) is 0 Å². The third-order valence-electron chi connectivity index (χ3n) is 3.91. The average molecular weight is 404 g/mol. The first kappa shape index (κ1) is 19.5. The fraction of sp³-hybridized carbons (Fsp3) is 0.211. The van der Waals surface area contributed by atoms with Gasteiger partial charge in [0.15, 0.2) is 11.5 Å². The number of hydrogen-bond donors (Lipinski definition) is 1. The van der Waals surface area contributed by atoms with Crippen LogP contribution < -0.4 is 19.5 Å². The second-order valence-electron chi connectivity index (χ2n) is 5.59. The van der Waals surface area contributed by atoms with E-state index in [-0.39, 0.29) is 18.3 Å². The van der Waals surface area contributed by atoms with E-state index in [1.165, 1.54) is 21.3 Å². The lowest BCUT2D eigenvalue weighted by atomic mass is 10.1. The first-order chi connectivity index (χ1) is 13.6. The minimum absolute atomic E-state index is 0.0486. The van der Waals surface area contributed by atoms with Crippen molar-refractivity contribution in [3.8, 4) is 28.6 Å². The van der Waals surface area contributed by atoms with Crippen molar-refractivity contribution in [2.45, 2.75) is 6.54 Å². The Balaban J connectivity index is 1.74. The fourth-order valence-corrected chi connectivity index (χ4v) is 2.77. The van der Waals surface area contributed by atoms with E-state index in [0.29, 0.717) is 39.2 Å². The number of carbonyl (C=O) groups excluding carboxylic acids is 1. The highest BCUT2D eigenvalue weighted by Gasteiger charge is 2.18. The first-order valence-electron chi connectivity index (χ1n) is 8.23. The number of carbonyl (C=O) groups is 1. The summed E-state index contributed by atoms with van der Waals surface area (Å²) in [5.41, 5.74) is 0.982. The zero-order valence-corrected chi connectivity index (χ0v) is 16.2. The third-order valence-corrected chi connectivity index (χ3v) is 4.24. The Morgan fingerprint density at radius 2 is 1.79 bits per heavy atom. The van der Waals surface area contributed by atoms with E-state index < -0.39 is 0 Å². The van der Waals surface area contributed by atoms with E-state index in [1.54, 1.807) is 24.3 Å². The van der Waals surface area contributed by atoms with E-state index >= 15 is 0 Å².